The van der Waals surface area contributed by atoms with Crippen molar-refractivity contribution in [3.05, 3.63) is 18.2 Å². The van der Waals surface area contributed by atoms with Crippen molar-refractivity contribution in [2.45, 2.75) is 13.1 Å². The first-order valence-electron chi connectivity index (χ1n) is 5.61. The lowest BCUT2D eigenvalue weighted by Crippen LogP contribution is -2.42. The predicted octanol–water partition coefficient (Wildman–Crippen LogP) is 1.14. The van der Waals surface area contributed by atoms with E-state index in [1.54, 1.807) is 0 Å². The first-order chi connectivity index (χ1) is 8.68. The maximum absolute atomic E-state index is 12.6. The van der Waals surface area contributed by atoms with Crippen LogP contribution >= 0.6 is 11.8 Å². The van der Waals surface area contributed by atoms with Gasteiger partial charge in [-0.05, 0) is 0 Å². The summed E-state index contributed by atoms with van der Waals surface area (Å²) < 4.78 is 25.9. The molecular weight excluding hydrogens is 260 g/mol. The molecule has 0 spiro atoms. The van der Waals surface area contributed by atoms with Crippen LogP contribution in [0.3, 0.4) is 0 Å². The molecule has 1 fully saturated rings. The first kappa shape index (κ1) is 13.1. The molecule has 1 aromatic heterocycles. The van der Waals surface area contributed by atoms with Crippen molar-refractivity contribution >= 4 is 17.7 Å². The number of aliphatic imine (C=N–C) groups is 1. The minimum absolute atomic E-state index is 0.0762. The average molecular weight is 275 g/mol. The fraction of sp³-hybridized carbons (Fsp3) is 0.600. The van der Waals surface area contributed by atoms with E-state index in [-0.39, 0.29) is 12.4 Å². The summed E-state index contributed by atoms with van der Waals surface area (Å²) in [6.07, 6.45) is 2.58. The molecule has 0 atom stereocenters. The van der Waals surface area contributed by atoms with Crippen LogP contribution in [-0.2, 0) is 6.54 Å². The number of alkyl halides is 2. The zero-order valence-corrected chi connectivity index (χ0v) is 10.6. The van der Waals surface area contributed by atoms with E-state index < -0.39 is 6.55 Å². The highest BCUT2D eigenvalue weighted by atomic mass is 32.2. The third-order valence-corrected chi connectivity index (χ3v) is 3.62. The van der Waals surface area contributed by atoms with Crippen LogP contribution in [0.2, 0.25) is 0 Å². The standard InChI is InChI=1S/C10H15F2N5S/c11-9(12)17-2-1-14-8(17)7-15-10(13)16-3-5-18-6-4-16/h1-2,9H,3-7H2,(H2,13,15). The quantitative estimate of drug-likeness (QED) is 0.664. The summed E-state index contributed by atoms with van der Waals surface area (Å²) in [7, 11) is 0. The van der Waals surface area contributed by atoms with E-state index in [0.29, 0.717) is 5.96 Å². The van der Waals surface area contributed by atoms with Gasteiger partial charge >= 0.3 is 6.55 Å². The highest BCUT2D eigenvalue weighted by molar-refractivity contribution is 7.99. The van der Waals surface area contributed by atoms with Crippen LogP contribution in [-0.4, -0.2) is 45.0 Å². The number of guanidine groups is 1. The molecule has 2 rings (SSSR count). The Labute approximate surface area is 108 Å². The summed E-state index contributed by atoms with van der Waals surface area (Å²) in [5, 5.41) is 0. The maximum Gasteiger partial charge on any atom is 0.319 e. The molecule has 0 aromatic carbocycles. The molecule has 100 valence electrons. The molecule has 18 heavy (non-hydrogen) atoms. The van der Waals surface area contributed by atoms with Gasteiger partial charge in [-0.2, -0.15) is 20.5 Å². The van der Waals surface area contributed by atoms with Gasteiger partial charge in [-0.25, -0.2) is 9.98 Å². The predicted molar refractivity (Wildman–Crippen MR) is 67.7 cm³/mol. The lowest BCUT2D eigenvalue weighted by atomic mass is 10.5. The van der Waals surface area contributed by atoms with Crippen LogP contribution < -0.4 is 5.73 Å². The molecule has 0 bridgehead atoms. The van der Waals surface area contributed by atoms with E-state index in [9.17, 15) is 8.78 Å². The molecule has 1 aromatic rings. The molecule has 1 aliphatic heterocycles. The number of halogens is 2. The van der Waals surface area contributed by atoms with Gasteiger partial charge in [0.2, 0.25) is 0 Å². The largest absolute Gasteiger partial charge is 0.370 e. The second-order valence-electron chi connectivity index (χ2n) is 3.80. The molecule has 0 amide bonds. The second kappa shape index (κ2) is 6.03. The van der Waals surface area contributed by atoms with Gasteiger partial charge in [-0.1, -0.05) is 0 Å². The molecule has 0 saturated carbocycles. The Balaban J connectivity index is 1.98. The Morgan fingerprint density at radius 1 is 1.50 bits per heavy atom. The Morgan fingerprint density at radius 2 is 2.22 bits per heavy atom. The topological polar surface area (TPSA) is 59.4 Å². The molecular formula is C10H15F2N5S. The Kier molecular flexibility index (Phi) is 4.40. The van der Waals surface area contributed by atoms with Gasteiger partial charge in [0.1, 0.15) is 12.4 Å². The third-order valence-electron chi connectivity index (χ3n) is 2.68. The van der Waals surface area contributed by atoms with Crippen molar-refractivity contribution in [3.63, 3.8) is 0 Å². The van der Waals surface area contributed by atoms with Crippen molar-refractivity contribution < 1.29 is 8.78 Å². The van der Waals surface area contributed by atoms with Crippen molar-refractivity contribution in [1.82, 2.24) is 14.5 Å². The summed E-state index contributed by atoms with van der Waals surface area (Å²) in [6, 6.07) is 0. The van der Waals surface area contributed by atoms with Gasteiger partial charge in [-0.3, -0.25) is 4.57 Å². The SMILES string of the molecule is NC(=NCc1nccn1C(F)F)N1CCSCC1. The lowest BCUT2D eigenvalue weighted by molar-refractivity contribution is 0.0671. The fourth-order valence-electron chi connectivity index (χ4n) is 1.69. The van der Waals surface area contributed by atoms with Crippen LogP contribution in [0, 0.1) is 0 Å². The summed E-state index contributed by atoms with van der Waals surface area (Å²) >= 11 is 1.87. The van der Waals surface area contributed by atoms with Gasteiger partial charge in [0.25, 0.3) is 0 Å². The Morgan fingerprint density at radius 3 is 2.89 bits per heavy atom. The molecule has 2 N–H and O–H groups in total. The molecule has 0 unspecified atom stereocenters. The van der Waals surface area contributed by atoms with Crippen molar-refractivity contribution in [2.24, 2.45) is 10.7 Å². The number of rotatable bonds is 3. The zero-order chi connectivity index (χ0) is 13.0. The highest BCUT2D eigenvalue weighted by Gasteiger charge is 2.14. The van der Waals surface area contributed by atoms with E-state index in [4.69, 9.17) is 5.73 Å². The number of aromatic nitrogens is 2. The third kappa shape index (κ3) is 3.12. The number of nitrogens with two attached hydrogens (primary N) is 1. The monoisotopic (exact) mass is 275 g/mol. The molecule has 5 nitrogen and oxygen atoms in total. The van der Waals surface area contributed by atoms with Crippen molar-refractivity contribution in [3.8, 4) is 0 Å². The number of hydrogen-bond donors (Lipinski definition) is 1. The number of imidazole rings is 1. The summed E-state index contributed by atoms with van der Waals surface area (Å²) in [5.41, 5.74) is 5.83. The van der Waals surface area contributed by atoms with E-state index in [2.05, 4.69) is 9.98 Å². The number of thioether (sulfide) groups is 1. The normalized spacial score (nSPS) is 17.5. The number of hydrogen-bond acceptors (Lipinski definition) is 3. The number of nitrogens with zero attached hydrogens (tertiary/aromatic N) is 4. The van der Waals surface area contributed by atoms with Crippen LogP contribution in [0.4, 0.5) is 8.78 Å². The van der Waals surface area contributed by atoms with E-state index in [1.165, 1.54) is 12.4 Å². The van der Waals surface area contributed by atoms with Gasteiger partial charge in [-0.15, -0.1) is 0 Å². The molecule has 1 saturated heterocycles. The van der Waals surface area contributed by atoms with Crippen LogP contribution in [0.5, 0.6) is 0 Å². The maximum atomic E-state index is 12.6. The smallest absolute Gasteiger partial charge is 0.319 e. The van der Waals surface area contributed by atoms with E-state index in [0.717, 1.165) is 29.2 Å². The second-order valence-corrected chi connectivity index (χ2v) is 5.03. The van der Waals surface area contributed by atoms with E-state index in [1.807, 2.05) is 16.7 Å². The lowest BCUT2D eigenvalue weighted by Gasteiger charge is -2.27. The summed E-state index contributed by atoms with van der Waals surface area (Å²) in [5.74, 6) is 2.66. The van der Waals surface area contributed by atoms with Crippen LogP contribution in [0.25, 0.3) is 0 Å². The van der Waals surface area contributed by atoms with E-state index >= 15 is 0 Å². The minimum Gasteiger partial charge on any atom is -0.370 e. The van der Waals surface area contributed by atoms with Crippen LogP contribution in [0.1, 0.15) is 12.4 Å². The molecule has 8 heteroatoms. The minimum atomic E-state index is -2.59. The van der Waals surface area contributed by atoms with Gasteiger partial charge in [0.05, 0.1) is 0 Å². The first-order valence-corrected chi connectivity index (χ1v) is 6.76. The Bertz CT molecular complexity index is 414. The van der Waals surface area contributed by atoms with Gasteiger partial charge in [0.15, 0.2) is 5.96 Å². The van der Waals surface area contributed by atoms with Gasteiger partial charge in [0, 0.05) is 37.0 Å². The zero-order valence-electron chi connectivity index (χ0n) is 9.80. The Hall–Kier alpha value is -1.31. The van der Waals surface area contributed by atoms with Gasteiger partial charge < -0.3 is 10.6 Å². The van der Waals surface area contributed by atoms with Crippen molar-refractivity contribution in [1.29, 1.82) is 0 Å². The van der Waals surface area contributed by atoms with Crippen molar-refractivity contribution in [2.75, 3.05) is 24.6 Å². The molecule has 0 radical (unpaired) electrons. The fourth-order valence-corrected chi connectivity index (χ4v) is 2.59. The summed E-state index contributed by atoms with van der Waals surface area (Å²) in [6.45, 7) is -0.815. The van der Waals surface area contributed by atoms with Crippen LogP contribution in [0.15, 0.2) is 17.4 Å². The average Bonchev–Trinajstić information content (AvgIpc) is 2.85. The summed E-state index contributed by atoms with van der Waals surface area (Å²) in [4.78, 5) is 9.94. The highest BCUT2D eigenvalue weighted by Crippen LogP contribution is 2.13. The molecule has 2 heterocycles. The molecule has 1 aliphatic rings. The molecule has 0 aliphatic carbocycles.